The first-order valence-electron chi connectivity index (χ1n) is 9.87. The molecule has 2 aromatic carbocycles. The molecule has 4 rings (SSSR count). The number of nitrogens with zero attached hydrogens (tertiary/aromatic N) is 2. The fourth-order valence-corrected chi connectivity index (χ4v) is 5.40. The third-order valence-electron chi connectivity index (χ3n) is 5.84. The second kappa shape index (κ2) is 8.36. The van der Waals surface area contributed by atoms with Gasteiger partial charge in [0.15, 0.2) is 5.17 Å². The van der Waals surface area contributed by atoms with Gasteiger partial charge >= 0.3 is 0 Å². The highest BCUT2D eigenvalue weighted by atomic mass is 35.5. The highest BCUT2D eigenvalue weighted by molar-refractivity contribution is 8.18. The molecule has 1 amide bonds. The van der Waals surface area contributed by atoms with Gasteiger partial charge in [0.05, 0.1) is 20.6 Å². The fraction of sp³-hybridized carbons (Fsp3) is 0.304. The van der Waals surface area contributed by atoms with Gasteiger partial charge in [-0.1, -0.05) is 47.8 Å². The molecule has 0 saturated carbocycles. The van der Waals surface area contributed by atoms with Gasteiger partial charge in [-0.25, -0.2) is 4.99 Å². The van der Waals surface area contributed by atoms with Crippen molar-refractivity contribution in [3.8, 4) is 0 Å². The quantitative estimate of drug-likeness (QED) is 0.447. The summed E-state index contributed by atoms with van der Waals surface area (Å²) >= 11 is 20.1. The summed E-state index contributed by atoms with van der Waals surface area (Å²) in [6.07, 6.45) is 2.86. The molecule has 0 radical (unpaired) electrons. The van der Waals surface area contributed by atoms with Crippen LogP contribution in [0.5, 0.6) is 0 Å². The number of anilines is 1. The fourth-order valence-electron chi connectivity index (χ4n) is 4.03. The average molecular weight is 495 g/mol. The Morgan fingerprint density at radius 1 is 1.23 bits per heavy atom. The highest BCUT2D eigenvalue weighted by Gasteiger charge is 2.34. The van der Waals surface area contributed by atoms with Crippen molar-refractivity contribution < 1.29 is 4.79 Å². The molecule has 162 valence electrons. The summed E-state index contributed by atoms with van der Waals surface area (Å²) in [6, 6.07) is 9.29. The van der Waals surface area contributed by atoms with Crippen LogP contribution in [-0.2, 0) is 4.79 Å². The third-order valence-corrected chi connectivity index (χ3v) is 7.89. The number of amidine groups is 1. The van der Waals surface area contributed by atoms with Gasteiger partial charge in [-0.2, -0.15) is 0 Å². The van der Waals surface area contributed by atoms with E-state index < -0.39 is 0 Å². The zero-order chi connectivity index (χ0) is 22.5. The van der Waals surface area contributed by atoms with Gasteiger partial charge in [0, 0.05) is 23.3 Å². The topological polar surface area (TPSA) is 44.7 Å². The van der Waals surface area contributed by atoms with Gasteiger partial charge in [-0.15, -0.1) is 0 Å². The number of carbonyl (C=O) groups is 1. The highest BCUT2D eigenvalue weighted by Crippen LogP contribution is 2.45. The molecular formula is C23H22Cl3N3OS. The summed E-state index contributed by atoms with van der Waals surface area (Å²) in [5, 5.41) is 4.60. The second-order valence-corrected chi connectivity index (χ2v) is 10.7. The summed E-state index contributed by atoms with van der Waals surface area (Å²) in [5.41, 5.74) is 3.76. The Labute approximate surface area is 201 Å². The average Bonchev–Trinajstić information content (AvgIpc) is 3.03. The van der Waals surface area contributed by atoms with Crippen molar-refractivity contribution in [1.82, 2.24) is 5.32 Å². The van der Waals surface area contributed by atoms with Crippen LogP contribution >= 0.6 is 46.6 Å². The Morgan fingerprint density at radius 3 is 2.71 bits per heavy atom. The molecule has 0 spiro atoms. The van der Waals surface area contributed by atoms with Crippen molar-refractivity contribution in [2.75, 3.05) is 11.9 Å². The predicted molar refractivity (Wildman–Crippen MR) is 134 cm³/mol. The third kappa shape index (κ3) is 4.34. The Bertz CT molecular complexity index is 1140. The Morgan fingerprint density at radius 2 is 1.97 bits per heavy atom. The number of halogens is 3. The molecule has 2 aliphatic heterocycles. The van der Waals surface area contributed by atoms with Crippen LogP contribution in [0.3, 0.4) is 0 Å². The molecule has 1 fully saturated rings. The van der Waals surface area contributed by atoms with Crippen molar-refractivity contribution in [2.24, 2.45) is 4.99 Å². The Hall–Kier alpha value is -1.66. The zero-order valence-electron chi connectivity index (χ0n) is 17.6. The van der Waals surface area contributed by atoms with Crippen LogP contribution in [0.15, 0.2) is 40.2 Å². The van der Waals surface area contributed by atoms with Crippen LogP contribution < -0.4 is 10.2 Å². The van der Waals surface area contributed by atoms with Crippen LogP contribution in [-0.4, -0.2) is 23.7 Å². The molecule has 2 heterocycles. The number of carbonyl (C=O) groups excluding carboxylic acids is 1. The number of rotatable bonds is 2. The van der Waals surface area contributed by atoms with Crippen molar-refractivity contribution >= 4 is 75.1 Å². The van der Waals surface area contributed by atoms with E-state index in [0.29, 0.717) is 36.7 Å². The van der Waals surface area contributed by atoms with Gasteiger partial charge in [0.1, 0.15) is 0 Å². The number of benzene rings is 2. The van der Waals surface area contributed by atoms with E-state index in [2.05, 4.69) is 49.1 Å². The molecule has 4 nitrogen and oxygen atoms in total. The number of fused-ring (bicyclic) bond motifs is 1. The van der Waals surface area contributed by atoms with E-state index in [-0.39, 0.29) is 11.4 Å². The lowest BCUT2D eigenvalue weighted by molar-refractivity contribution is -0.115. The van der Waals surface area contributed by atoms with Crippen molar-refractivity contribution in [3.05, 3.63) is 61.4 Å². The largest absolute Gasteiger partial charge is 0.369 e. The molecule has 8 heteroatoms. The van der Waals surface area contributed by atoms with Crippen LogP contribution in [0, 0.1) is 0 Å². The number of nitrogens with one attached hydrogen (secondary N) is 1. The molecule has 2 aromatic rings. The van der Waals surface area contributed by atoms with E-state index >= 15 is 0 Å². The van der Waals surface area contributed by atoms with Crippen molar-refractivity contribution in [2.45, 2.75) is 38.6 Å². The van der Waals surface area contributed by atoms with E-state index in [1.54, 1.807) is 18.2 Å². The standard InChI is InChI=1S/C23H22Cl3N3OS/c1-12-11-23(2,3)29(4)18-10-16(25)13(8-14(12)18)9-19-21(30)28-22(31-19)27-17-7-5-6-15(24)20(17)26/h5-10,12H,11H2,1-4H3,(H,27,28,30)/b19-9-/t12-/m0/s1. The lowest BCUT2D eigenvalue weighted by Gasteiger charge is -2.45. The lowest BCUT2D eigenvalue weighted by atomic mass is 9.80. The van der Waals surface area contributed by atoms with Gasteiger partial charge < -0.3 is 10.2 Å². The molecule has 0 aliphatic carbocycles. The maximum absolute atomic E-state index is 12.5. The van der Waals surface area contributed by atoms with E-state index in [9.17, 15) is 4.79 Å². The summed E-state index contributed by atoms with van der Waals surface area (Å²) in [7, 11) is 2.10. The minimum absolute atomic E-state index is 0.0594. The Kier molecular flexibility index (Phi) is 6.08. The molecule has 0 aromatic heterocycles. The number of aliphatic imine (C=N–C) groups is 1. The van der Waals surface area contributed by atoms with Crippen LogP contribution in [0.25, 0.3) is 6.08 Å². The summed E-state index contributed by atoms with van der Waals surface area (Å²) < 4.78 is 0. The minimum atomic E-state index is -0.220. The molecule has 0 bridgehead atoms. The first-order chi connectivity index (χ1) is 14.6. The molecule has 31 heavy (non-hydrogen) atoms. The first kappa shape index (κ1) is 22.5. The molecule has 0 unspecified atom stereocenters. The SMILES string of the molecule is C[C@H]1CC(C)(C)N(C)c2cc(Cl)c(/C=C3\SC(=Nc4cccc(Cl)c4Cl)NC3=O)cc21. The molecule has 2 aliphatic rings. The van der Waals surface area contributed by atoms with E-state index in [1.807, 2.05) is 12.1 Å². The number of thioether (sulfide) groups is 1. The summed E-state index contributed by atoms with van der Waals surface area (Å²) in [5.74, 6) is 0.171. The van der Waals surface area contributed by atoms with E-state index in [1.165, 1.54) is 17.3 Å². The summed E-state index contributed by atoms with van der Waals surface area (Å²) in [4.78, 5) is 19.8. The van der Waals surface area contributed by atoms with Crippen molar-refractivity contribution in [3.63, 3.8) is 0 Å². The van der Waals surface area contributed by atoms with Gasteiger partial charge in [0.25, 0.3) is 5.91 Å². The first-order valence-corrected chi connectivity index (χ1v) is 11.8. The number of amides is 1. The maximum Gasteiger partial charge on any atom is 0.264 e. The molecule has 1 atom stereocenters. The monoisotopic (exact) mass is 493 g/mol. The minimum Gasteiger partial charge on any atom is -0.369 e. The zero-order valence-corrected chi connectivity index (χ0v) is 20.7. The lowest BCUT2D eigenvalue weighted by Crippen LogP contribution is -2.45. The molecule has 1 saturated heterocycles. The summed E-state index contributed by atoms with van der Waals surface area (Å²) in [6.45, 7) is 6.71. The van der Waals surface area contributed by atoms with Gasteiger partial charge in [-0.05, 0) is 79.4 Å². The van der Waals surface area contributed by atoms with Crippen LogP contribution in [0.2, 0.25) is 15.1 Å². The Balaban J connectivity index is 1.67. The normalized spacial score (nSPS) is 22.7. The van der Waals surface area contributed by atoms with Crippen LogP contribution in [0.4, 0.5) is 11.4 Å². The van der Waals surface area contributed by atoms with Crippen LogP contribution in [0.1, 0.15) is 44.2 Å². The maximum atomic E-state index is 12.5. The van der Waals surface area contributed by atoms with E-state index in [4.69, 9.17) is 34.8 Å². The number of hydrogen-bond acceptors (Lipinski definition) is 4. The van der Waals surface area contributed by atoms with E-state index in [0.717, 1.165) is 17.7 Å². The number of hydrogen-bond donors (Lipinski definition) is 1. The van der Waals surface area contributed by atoms with Gasteiger partial charge in [0.2, 0.25) is 0 Å². The molecular weight excluding hydrogens is 473 g/mol. The molecule has 1 N–H and O–H groups in total. The second-order valence-electron chi connectivity index (χ2n) is 8.46. The predicted octanol–water partition coefficient (Wildman–Crippen LogP) is 7.26. The van der Waals surface area contributed by atoms with Gasteiger partial charge in [-0.3, -0.25) is 4.79 Å². The smallest absolute Gasteiger partial charge is 0.264 e. The van der Waals surface area contributed by atoms with Crippen molar-refractivity contribution in [1.29, 1.82) is 0 Å².